The fourth-order valence-electron chi connectivity index (χ4n) is 1.84. The second-order valence-electron chi connectivity index (χ2n) is 4.78. The Morgan fingerprint density at radius 2 is 2.47 bits per heavy atom. The maximum atomic E-state index is 4.11. The third-order valence-electron chi connectivity index (χ3n) is 2.97. The van der Waals surface area contributed by atoms with E-state index in [0.29, 0.717) is 11.3 Å². The molecule has 1 N–H and O–H groups in total. The zero-order valence-corrected chi connectivity index (χ0v) is 12.5. The summed E-state index contributed by atoms with van der Waals surface area (Å²) >= 11 is 3.54. The van der Waals surface area contributed by atoms with Crippen molar-refractivity contribution in [1.82, 2.24) is 25.5 Å². The zero-order valence-electron chi connectivity index (χ0n) is 10.8. The second-order valence-corrected chi connectivity index (χ2v) is 7.21. The van der Waals surface area contributed by atoms with Gasteiger partial charge in [-0.15, -0.1) is 16.4 Å². The van der Waals surface area contributed by atoms with Crippen molar-refractivity contribution in [2.45, 2.75) is 42.8 Å². The summed E-state index contributed by atoms with van der Waals surface area (Å²) in [6.45, 7) is 4.11. The topological polar surface area (TPSA) is 55.6 Å². The number of hydrogen-bond acceptors (Lipinski definition) is 6. The molecule has 5 nitrogen and oxygen atoms in total. The molecule has 0 saturated heterocycles. The lowest BCUT2D eigenvalue weighted by Gasteiger charge is -2.11. The number of hydrogen-bond donors (Lipinski definition) is 1. The van der Waals surface area contributed by atoms with Crippen LogP contribution in [0.25, 0.3) is 0 Å². The number of nitrogens with zero attached hydrogens (tertiary/aromatic N) is 4. The van der Waals surface area contributed by atoms with E-state index in [9.17, 15) is 0 Å². The number of aromatic nitrogens is 4. The molecule has 3 rings (SSSR count). The van der Waals surface area contributed by atoms with Crippen LogP contribution in [-0.2, 0) is 6.54 Å². The van der Waals surface area contributed by atoms with Crippen LogP contribution in [0, 0.1) is 0 Å². The molecule has 2 aromatic heterocycles. The molecule has 0 radical (unpaired) electrons. The van der Waals surface area contributed by atoms with E-state index in [4.69, 9.17) is 0 Å². The molecule has 0 bridgehead atoms. The van der Waals surface area contributed by atoms with Crippen LogP contribution in [0.15, 0.2) is 22.7 Å². The van der Waals surface area contributed by atoms with Gasteiger partial charge in [0.05, 0.1) is 6.04 Å². The Bertz CT molecular complexity index is 506. The summed E-state index contributed by atoms with van der Waals surface area (Å²) in [5.74, 6) is 0. The molecule has 1 saturated carbocycles. The zero-order chi connectivity index (χ0) is 13.1. The van der Waals surface area contributed by atoms with Gasteiger partial charge in [0.1, 0.15) is 0 Å². The average molecular weight is 295 g/mol. The fraction of sp³-hybridized carbons (Fsp3) is 0.583. The van der Waals surface area contributed by atoms with Crippen LogP contribution in [0.1, 0.15) is 30.7 Å². The van der Waals surface area contributed by atoms with Gasteiger partial charge in [-0.1, -0.05) is 24.8 Å². The Morgan fingerprint density at radius 3 is 3.21 bits per heavy atom. The summed E-state index contributed by atoms with van der Waals surface area (Å²) in [7, 11) is 0. The van der Waals surface area contributed by atoms with E-state index in [1.165, 1.54) is 17.7 Å². The van der Waals surface area contributed by atoms with Gasteiger partial charge in [0, 0.05) is 23.2 Å². The molecule has 19 heavy (non-hydrogen) atoms. The van der Waals surface area contributed by atoms with E-state index in [-0.39, 0.29) is 0 Å². The van der Waals surface area contributed by atoms with Crippen LogP contribution in [0.4, 0.5) is 0 Å². The fourth-order valence-corrected chi connectivity index (χ4v) is 3.46. The van der Waals surface area contributed by atoms with Gasteiger partial charge in [0.15, 0.2) is 0 Å². The smallest absolute Gasteiger partial charge is 0.209 e. The van der Waals surface area contributed by atoms with Gasteiger partial charge in [0.25, 0.3) is 0 Å². The van der Waals surface area contributed by atoms with Crippen molar-refractivity contribution in [1.29, 1.82) is 0 Å². The molecule has 0 aliphatic heterocycles. The minimum Gasteiger partial charge on any atom is -0.311 e. The lowest BCUT2D eigenvalue weighted by atomic mass is 10.4. The summed E-state index contributed by atoms with van der Waals surface area (Å²) in [6, 6.07) is 4.79. The Hall–Kier alpha value is -0.920. The number of rotatable bonds is 7. The third-order valence-corrected chi connectivity index (χ3v) is 4.90. The number of tetrazole rings is 1. The molecule has 2 heterocycles. The monoisotopic (exact) mass is 295 g/mol. The Labute approximate surface area is 120 Å². The van der Waals surface area contributed by atoms with Crippen molar-refractivity contribution in [2.24, 2.45) is 0 Å². The number of thiophene rings is 1. The maximum Gasteiger partial charge on any atom is 0.209 e. The van der Waals surface area contributed by atoms with Gasteiger partial charge in [-0.05, 0) is 34.7 Å². The van der Waals surface area contributed by atoms with E-state index in [1.807, 2.05) is 4.68 Å². The Kier molecular flexibility index (Phi) is 4.15. The van der Waals surface area contributed by atoms with Gasteiger partial charge in [-0.3, -0.25) is 0 Å². The Morgan fingerprint density at radius 1 is 1.58 bits per heavy atom. The lowest BCUT2D eigenvalue weighted by Crippen LogP contribution is -2.22. The number of thioether (sulfide) groups is 1. The normalized spacial score (nSPS) is 16.7. The lowest BCUT2D eigenvalue weighted by molar-refractivity contribution is 0.564. The molecule has 1 aliphatic carbocycles. The van der Waals surface area contributed by atoms with Crippen molar-refractivity contribution < 1.29 is 0 Å². The quantitative estimate of drug-likeness (QED) is 0.795. The van der Waals surface area contributed by atoms with Crippen LogP contribution in [0.5, 0.6) is 0 Å². The van der Waals surface area contributed by atoms with Gasteiger partial charge in [-0.2, -0.15) is 0 Å². The van der Waals surface area contributed by atoms with E-state index in [2.05, 4.69) is 45.3 Å². The second kappa shape index (κ2) is 6.02. The first-order valence-electron chi connectivity index (χ1n) is 6.50. The van der Waals surface area contributed by atoms with Crippen molar-refractivity contribution in [3.8, 4) is 0 Å². The third kappa shape index (κ3) is 3.55. The minimum atomic E-state index is 0.462. The first-order chi connectivity index (χ1) is 9.33. The van der Waals surface area contributed by atoms with Gasteiger partial charge < -0.3 is 5.32 Å². The van der Waals surface area contributed by atoms with Crippen LogP contribution >= 0.6 is 23.1 Å². The van der Waals surface area contributed by atoms with Crippen molar-refractivity contribution in [3.05, 3.63) is 22.4 Å². The molecular formula is C12H17N5S2. The molecule has 1 atom stereocenters. The molecule has 1 fully saturated rings. The molecule has 0 amide bonds. The van der Waals surface area contributed by atoms with Crippen molar-refractivity contribution >= 4 is 23.1 Å². The van der Waals surface area contributed by atoms with E-state index >= 15 is 0 Å². The van der Waals surface area contributed by atoms with Crippen LogP contribution < -0.4 is 5.32 Å². The SMILES string of the molecule is CC(CNCc1cccs1)Sc1nnnn1C1CC1. The summed E-state index contributed by atoms with van der Waals surface area (Å²) in [5.41, 5.74) is 0. The first kappa shape index (κ1) is 13.1. The molecule has 2 aromatic rings. The minimum absolute atomic E-state index is 0.462. The predicted octanol–water partition coefficient (Wildman–Crippen LogP) is 2.34. The van der Waals surface area contributed by atoms with Gasteiger partial charge in [-0.25, -0.2) is 4.68 Å². The molecule has 1 aliphatic rings. The largest absolute Gasteiger partial charge is 0.311 e. The highest BCUT2D eigenvalue weighted by molar-refractivity contribution is 7.99. The maximum absolute atomic E-state index is 4.11. The highest BCUT2D eigenvalue weighted by Crippen LogP contribution is 2.36. The molecule has 0 spiro atoms. The van der Waals surface area contributed by atoms with E-state index in [0.717, 1.165) is 18.2 Å². The Balaban J connectivity index is 1.45. The van der Waals surface area contributed by atoms with Crippen molar-refractivity contribution in [2.75, 3.05) is 6.54 Å². The van der Waals surface area contributed by atoms with Gasteiger partial charge in [0.2, 0.25) is 5.16 Å². The van der Waals surface area contributed by atoms with Crippen molar-refractivity contribution in [3.63, 3.8) is 0 Å². The molecule has 7 heteroatoms. The van der Waals surface area contributed by atoms with E-state index in [1.54, 1.807) is 23.1 Å². The first-order valence-corrected chi connectivity index (χ1v) is 8.26. The molecule has 0 aromatic carbocycles. The predicted molar refractivity (Wildman–Crippen MR) is 77.4 cm³/mol. The van der Waals surface area contributed by atoms with Gasteiger partial charge >= 0.3 is 0 Å². The summed E-state index contributed by atoms with van der Waals surface area (Å²) in [6.07, 6.45) is 2.42. The number of nitrogens with one attached hydrogen (secondary N) is 1. The van der Waals surface area contributed by atoms with Crippen LogP contribution in [-0.4, -0.2) is 32.0 Å². The van der Waals surface area contributed by atoms with Crippen LogP contribution in [0.2, 0.25) is 0 Å². The molecule has 1 unspecified atom stereocenters. The highest BCUT2D eigenvalue weighted by atomic mass is 32.2. The molecule has 102 valence electrons. The summed E-state index contributed by atoms with van der Waals surface area (Å²) < 4.78 is 1.97. The van der Waals surface area contributed by atoms with Crippen LogP contribution in [0.3, 0.4) is 0 Å². The average Bonchev–Trinajstić information content (AvgIpc) is 2.91. The summed E-state index contributed by atoms with van der Waals surface area (Å²) in [4.78, 5) is 1.38. The summed E-state index contributed by atoms with van der Waals surface area (Å²) in [5, 5.41) is 19.0. The standard InChI is InChI=1S/C12H17N5S2/c1-9(7-13-8-11-3-2-6-18-11)19-12-14-15-16-17(12)10-4-5-10/h2-3,6,9-10,13H,4-5,7-8H2,1H3. The highest BCUT2D eigenvalue weighted by Gasteiger charge is 2.28. The molecular weight excluding hydrogens is 278 g/mol. The van der Waals surface area contributed by atoms with E-state index < -0.39 is 0 Å².